The number of hydrogen-bond acceptors (Lipinski definition) is 2. The van der Waals surface area contributed by atoms with Crippen molar-refractivity contribution in [1.82, 2.24) is 0 Å². The van der Waals surface area contributed by atoms with Crippen LogP contribution in [-0.4, -0.2) is 12.9 Å². The number of halogens is 3. The topological polar surface area (TPSA) is 26.3 Å². The quantitative estimate of drug-likeness (QED) is 0.529. The molecule has 1 atom stereocenters. The zero-order chi connectivity index (χ0) is 14.7. The zero-order valence-electron chi connectivity index (χ0n) is 10.6. The van der Waals surface area contributed by atoms with E-state index in [1.807, 2.05) is 0 Å². The highest BCUT2D eigenvalue weighted by molar-refractivity contribution is 9.10. The van der Waals surface area contributed by atoms with Crippen molar-refractivity contribution in [3.05, 3.63) is 63.6 Å². The average Bonchev–Trinajstić information content (AvgIpc) is 2.46. The van der Waals surface area contributed by atoms with E-state index < -0.39 is 5.08 Å². The number of methoxy groups -OCH3 is 1. The van der Waals surface area contributed by atoms with Crippen LogP contribution in [0.5, 0.6) is 5.75 Å². The summed E-state index contributed by atoms with van der Waals surface area (Å²) in [4.78, 5) is 12.4. The summed E-state index contributed by atoms with van der Waals surface area (Å²) in [6, 6.07) is 11.6. The van der Waals surface area contributed by atoms with Gasteiger partial charge in [0.05, 0.1) is 7.11 Å². The average molecular weight is 402 g/mol. The Balaban J connectivity index is 2.32. The van der Waals surface area contributed by atoms with Crippen molar-refractivity contribution in [3.8, 4) is 5.75 Å². The molecule has 0 saturated carbocycles. The van der Waals surface area contributed by atoms with E-state index in [9.17, 15) is 9.18 Å². The minimum atomic E-state index is -1.25. The molecule has 0 aliphatic heterocycles. The Labute approximate surface area is 133 Å². The van der Waals surface area contributed by atoms with Crippen LogP contribution in [0.4, 0.5) is 4.39 Å². The summed E-state index contributed by atoms with van der Waals surface area (Å²) in [5.74, 6) is 0.562. The molecular formula is C15H11Br2FO2. The van der Waals surface area contributed by atoms with Crippen molar-refractivity contribution in [2.45, 2.75) is 5.08 Å². The molecule has 5 heteroatoms. The lowest BCUT2D eigenvalue weighted by Gasteiger charge is -2.07. The van der Waals surface area contributed by atoms with E-state index in [1.165, 1.54) is 0 Å². The molecule has 0 aliphatic rings. The van der Waals surface area contributed by atoms with Gasteiger partial charge in [0, 0.05) is 15.6 Å². The summed E-state index contributed by atoms with van der Waals surface area (Å²) in [5, 5.41) is -1.25. The third kappa shape index (κ3) is 3.27. The predicted octanol–water partition coefficient (Wildman–Crippen LogP) is 5.05. The number of carbonyl (C=O) groups excluding carboxylic acids is 1. The smallest absolute Gasteiger partial charge is 0.194 e. The van der Waals surface area contributed by atoms with Gasteiger partial charge in [0.25, 0.3) is 0 Å². The Bertz CT molecular complexity index is 624. The number of benzene rings is 2. The van der Waals surface area contributed by atoms with E-state index in [-0.39, 0.29) is 5.78 Å². The highest BCUT2D eigenvalue weighted by Gasteiger charge is 2.15. The third-order valence-corrected chi connectivity index (χ3v) is 4.03. The molecule has 0 aromatic heterocycles. The lowest BCUT2D eigenvalue weighted by molar-refractivity contribution is 0.103. The molecular weight excluding hydrogens is 391 g/mol. The molecule has 2 aromatic rings. The second kappa shape index (κ2) is 6.50. The maximum Gasteiger partial charge on any atom is 0.194 e. The molecule has 0 aliphatic carbocycles. The molecule has 0 amide bonds. The maximum absolute atomic E-state index is 13.1. The Morgan fingerprint density at radius 2 is 1.85 bits per heavy atom. The fourth-order valence-corrected chi connectivity index (χ4v) is 2.61. The highest BCUT2D eigenvalue weighted by atomic mass is 79.9. The first kappa shape index (κ1) is 15.2. The molecule has 2 rings (SSSR count). The van der Waals surface area contributed by atoms with Crippen LogP contribution in [0.3, 0.4) is 0 Å². The van der Waals surface area contributed by atoms with E-state index in [4.69, 9.17) is 4.74 Å². The molecule has 20 heavy (non-hydrogen) atoms. The molecule has 0 saturated heterocycles. The molecule has 0 N–H and O–H groups in total. The summed E-state index contributed by atoms with van der Waals surface area (Å²) in [6.45, 7) is 0. The summed E-state index contributed by atoms with van der Waals surface area (Å²) >= 11 is 6.16. The lowest BCUT2D eigenvalue weighted by Crippen LogP contribution is -2.03. The molecule has 0 bridgehead atoms. The number of ketones is 1. The van der Waals surface area contributed by atoms with Crippen LogP contribution in [0, 0.1) is 0 Å². The summed E-state index contributed by atoms with van der Waals surface area (Å²) < 4.78 is 18.8. The minimum absolute atomic E-state index is 0.129. The summed E-state index contributed by atoms with van der Waals surface area (Å²) in [7, 11) is 1.57. The normalized spacial score (nSPS) is 12.0. The second-order valence-corrected chi connectivity index (χ2v) is 5.76. The van der Waals surface area contributed by atoms with Crippen molar-refractivity contribution in [3.63, 3.8) is 0 Å². The SMILES string of the molecule is COc1ccc(C(=O)c2ccc(C(F)Br)cc2Br)cc1. The molecule has 0 radical (unpaired) electrons. The largest absolute Gasteiger partial charge is 0.497 e. The number of ether oxygens (including phenoxy) is 1. The number of hydrogen-bond donors (Lipinski definition) is 0. The Kier molecular flexibility index (Phi) is 4.94. The Morgan fingerprint density at radius 3 is 2.35 bits per heavy atom. The lowest BCUT2D eigenvalue weighted by atomic mass is 10.0. The van der Waals surface area contributed by atoms with Gasteiger partial charge in [-0.3, -0.25) is 4.79 Å². The van der Waals surface area contributed by atoms with Gasteiger partial charge in [-0.25, -0.2) is 4.39 Å². The van der Waals surface area contributed by atoms with Crippen molar-refractivity contribution < 1.29 is 13.9 Å². The van der Waals surface area contributed by atoms with Gasteiger partial charge in [-0.15, -0.1) is 0 Å². The first-order chi connectivity index (χ1) is 9.52. The van der Waals surface area contributed by atoms with E-state index in [2.05, 4.69) is 31.9 Å². The monoisotopic (exact) mass is 400 g/mol. The molecule has 0 spiro atoms. The molecule has 2 nitrogen and oxygen atoms in total. The Hall–Kier alpha value is -1.20. The molecule has 0 heterocycles. The Morgan fingerprint density at radius 1 is 1.20 bits per heavy atom. The molecule has 2 aromatic carbocycles. The molecule has 0 fully saturated rings. The van der Waals surface area contributed by atoms with Crippen molar-refractivity contribution >= 4 is 37.6 Å². The van der Waals surface area contributed by atoms with E-state index >= 15 is 0 Å². The maximum atomic E-state index is 13.1. The number of rotatable bonds is 4. The van der Waals surface area contributed by atoms with Crippen LogP contribution in [0.15, 0.2) is 46.9 Å². The van der Waals surface area contributed by atoms with Gasteiger partial charge in [-0.2, -0.15) is 0 Å². The highest BCUT2D eigenvalue weighted by Crippen LogP contribution is 2.29. The predicted molar refractivity (Wildman–Crippen MR) is 83.3 cm³/mol. The zero-order valence-corrected chi connectivity index (χ0v) is 13.7. The summed E-state index contributed by atoms with van der Waals surface area (Å²) in [6.07, 6.45) is 0. The van der Waals surface area contributed by atoms with Gasteiger partial charge in [0.1, 0.15) is 5.75 Å². The van der Waals surface area contributed by atoms with Crippen molar-refractivity contribution in [1.29, 1.82) is 0 Å². The number of carbonyl (C=O) groups is 1. The van der Waals surface area contributed by atoms with Crippen LogP contribution in [-0.2, 0) is 0 Å². The van der Waals surface area contributed by atoms with Gasteiger partial charge in [0.15, 0.2) is 10.9 Å². The van der Waals surface area contributed by atoms with E-state index in [0.717, 1.165) is 0 Å². The van der Waals surface area contributed by atoms with Gasteiger partial charge in [-0.05, 0) is 57.9 Å². The van der Waals surface area contributed by atoms with Crippen LogP contribution < -0.4 is 4.74 Å². The van der Waals surface area contributed by atoms with E-state index in [1.54, 1.807) is 49.6 Å². The molecule has 104 valence electrons. The second-order valence-electron chi connectivity index (χ2n) is 4.10. The summed E-state index contributed by atoms with van der Waals surface area (Å²) in [5.41, 5.74) is 1.50. The minimum Gasteiger partial charge on any atom is -0.497 e. The molecule has 1 unspecified atom stereocenters. The van der Waals surface area contributed by atoms with Crippen LogP contribution in [0.2, 0.25) is 0 Å². The van der Waals surface area contributed by atoms with Gasteiger partial charge in [0.2, 0.25) is 0 Å². The van der Waals surface area contributed by atoms with Gasteiger partial charge in [-0.1, -0.05) is 22.0 Å². The van der Waals surface area contributed by atoms with E-state index in [0.29, 0.717) is 26.9 Å². The number of alkyl halides is 2. The fourth-order valence-electron chi connectivity index (χ4n) is 1.75. The van der Waals surface area contributed by atoms with Gasteiger partial charge >= 0.3 is 0 Å². The van der Waals surface area contributed by atoms with Crippen LogP contribution in [0.25, 0.3) is 0 Å². The van der Waals surface area contributed by atoms with Crippen LogP contribution >= 0.6 is 31.9 Å². The third-order valence-electron chi connectivity index (χ3n) is 2.84. The first-order valence-electron chi connectivity index (χ1n) is 5.79. The first-order valence-corrected chi connectivity index (χ1v) is 7.50. The fraction of sp³-hybridized carbons (Fsp3) is 0.133. The van der Waals surface area contributed by atoms with Gasteiger partial charge < -0.3 is 4.74 Å². The standard InChI is InChI=1S/C15H11Br2FO2/c1-20-11-5-2-9(3-6-11)14(19)12-7-4-10(15(17)18)8-13(12)16/h2-8,15H,1H3. The van der Waals surface area contributed by atoms with Crippen molar-refractivity contribution in [2.75, 3.05) is 7.11 Å². The van der Waals surface area contributed by atoms with Crippen molar-refractivity contribution in [2.24, 2.45) is 0 Å². The van der Waals surface area contributed by atoms with Crippen LogP contribution in [0.1, 0.15) is 26.6 Å².